The maximum atomic E-state index is 12.6. The Kier molecular flexibility index (Phi) is 3.85. The largest absolute Gasteiger partial charge is 0.416 e. The Labute approximate surface area is 113 Å². The van der Waals surface area contributed by atoms with E-state index in [1.54, 1.807) is 18.3 Å². The summed E-state index contributed by atoms with van der Waals surface area (Å²) in [5.41, 5.74) is 0.263. The second-order valence-corrected chi connectivity index (χ2v) is 4.03. The van der Waals surface area contributed by atoms with Gasteiger partial charge in [0.2, 0.25) is 0 Å². The van der Waals surface area contributed by atoms with Crippen LogP contribution < -0.4 is 0 Å². The zero-order valence-corrected chi connectivity index (χ0v) is 10.2. The summed E-state index contributed by atoms with van der Waals surface area (Å²) < 4.78 is 37.9. The average Bonchev–Trinajstić information content (AvgIpc) is 2.45. The third-order valence-corrected chi connectivity index (χ3v) is 2.62. The van der Waals surface area contributed by atoms with Crippen LogP contribution in [0.1, 0.15) is 16.7 Å². The van der Waals surface area contributed by atoms with Crippen LogP contribution in [0.15, 0.2) is 48.8 Å². The topological polar surface area (TPSA) is 36.7 Å². The van der Waals surface area contributed by atoms with E-state index in [4.69, 9.17) is 5.26 Å². The van der Waals surface area contributed by atoms with Gasteiger partial charge < -0.3 is 0 Å². The molecule has 1 aromatic heterocycles. The van der Waals surface area contributed by atoms with Crippen LogP contribution in [0, 0.1) is 11.3 Å². The second kappa shape index (κ2) is 5.57. The monoisotopic (exact) mass is 274 g/mol. The Morgan fingerprint density at radius 2 is 2.00 bits per heavy atom. The van der Waals surface area contributed by atoms with E-state index in [1.807, 2.05) is 6.07 Å². The summed E-state index contributed by atoms with van der Waals surface area (Å²) in [6.07, 6.45) is 0.186. The first-order chi connectivity index (χ1) is 9.50. The highest BCUT2D eigenvalue weighted by molar-refractivity contribution is 5.89. The van der Waals surface area contributed by atoms with E-state index in [9.17, 15) is 13.2 Å². The highest BCUT2D eigenvalue weighted by atomic mass is 19.4. The van der Waals surface area contributed by atoms with E-state index in [-0.39, 0.29) is 11.1 Å². The van der Waals surface area contributed by atoms with Crippen molar-refractivity contribution in [2.45, 2.75) is 6.18 Å². The van der Waals surface area contributed by atoms with Gasteiger partial charge in [0.25, 0.3) is 0 Å². The number of nitriles is 1. The third-order valence-electron chi connectivity index (χ3n) is 2.62. The molecule has 0 N–H and O–H groups in total. The molecule has 100 valence electrons. The number of pyridine rings is 1. The lowest BCUT2D eigenvalue weighted by Crippen LogP contribution is -2.04. The van der Waals surface area contributed by atoms with Crippen molar-refractivity contribution in [2.75, 3.05) is 0 Å². The van der Waals surface area contributed by atoms with Gasteiger partial charge in [0, 0.05) is 12.4 Å². The van der Waals surface area contributed by atoms with Crippen molar-refractivity contribution >= 4 is 11.6 Å². The molecule has 1 heterocycles. The molecular weight excluding hydrogens is 265 g/mol. The van der Waals surface area contributed by atoms with Crippen molar-refractivity contribution in [1.82, 2.24) is 4.98 Å². The lowest BCUT2D eigenvalue weighted by Gasteiger charge is -2.08. The van der Waals surface area contributed by atoms with Crippen molar-refractivity contribution in [3.63, 3.8) is 0 Å². The van der Waals surface area contributed by atoms with Gasteiger partial charge in [-0.2, -0.15) is 18.4 Å². The van der Waals surface area contributed by atoms with E-state index in [0.29, 0.717) is 5.56 Å². The third kappa shape index (κ3) is 3.23. The first-order valence-corrected chi connectivity index (χ1v) is 5.70. The molecule has 0 saturated carbocycles. The van der Waals surface area contributed by atoms with Crippen LogP contribution in [0.5, 0.6) is 0 Å². The standard InChI is InChI=1S/C15H9F3N2/c16-15(17,18)14-5-1-4-12(8-14)13(9-19)7-11-3-2-6-20-10-11/h1-8,10H. The summed E-state index contributed by atoms with van der Waals surface area (Å²) >= 11 is 0. The van der Waals surface area contributed by atoms with Crippen LogP contribution in [0.3, 0.4) is 0 Å². The zero-order valence-electron chi connectivity index (χ0n) is 10.2. The average molecular weight is 274 g/mol. The fourth-order valence-corrected chi connectivity index (χ4v) is 1.67. The number of halogens is 3. The van der Waals surface area contributed by atoms with E-state index < -0.39 is 11.7 Å². The van der Waals surface area contributed by atoms with E-state index in [0.717, 1.165) is 12.1 Å². The Morgan fingerprint density at radius 3 is 2.60 bits per heavy atom. The number of rotatable bonds is 2. The molecule has 20 heavy (non-hydrogen) atoms. The number of hydrogen-bond acceptors (Lipinski definition) is 2. The minimum Gasteiger partial charge on any atom is -0.264 e. The van der Waals surface area contributed by atoms with Crippen molar-refractivity contribution in [3.05, 3.63) is 65.5 Å². The highest BCUT2D eigenvalue weighted by Gasteiger charge is 2.30. The van der Waals surface area contributed by atoms with Gasteiger partial charge in [-0.1, -0.05) is 18.2 Å². The van der Waals surface area contributed by atoms with E-state index in [1.165, 1.54) is 24.4 Å². The molecule has 0 bridgehead atoms. The number of benzene rings is 1. The van der Waals surface area contributed by atoms with Gasteiger partial charge in [0.05, 0.1) is 17.2 Å². The van der Waals surface area contributed by atoms with Crippen molar-refractivity contribution in [2.24, 2.45) is 0 Å². The smallest absolute Gasteiger partial charge is 0.264 e. The number of aromatic nitrogens is 1. The van der Waals surface area contributed by atoms with Crippen LogP contribution in [0.2, 0.25) is 0 Å². The molecule has 1 aromatic carbocycles. The molecule has 0 aliphatic heterocycles. The van der Waals surface area contributed by atoms with Gasteiger partial charge in [-0.15, -0.1) is 0 Å². The van der Waals surface area contributed by atoms with E-state index in [2.05, 4.69) is 4.98 Å². The highest BCUT2D eigenvalue weighted by Crippen LogP contribution is 2.31. The van der Waals surface area contributed by atoms with Gasteiger partial charge in [-0.25, -0.2) is 0 Å². The molecule has 0 fully saturated rings. The summed E-state index contributed by atoms with van der Waals surface area (Å²) in [7, 11) is 0. The van der Waals surface area contributed by atoms with Crippen LogP contribution in [-0.2, 0) is 6.18 Å². The first-order valence-electron chi connectivity index (χ1n) is 5.70. The van der Waals surface area contributed by atoms with Gasteiger partial charge in [0.1, 0.15) is 0 Å². The Bertz CT molecular complexity index is 668. The SMILES string of the molecule is N#CC(=Cc1cccnc1)c1cccc(C(F)(F)F)c1. The van der Waals surface area contributed by atoms with Crippen LogP contribution in [0.4, 0.5) is 13.2 Å². The molecule has 0 aliphatic carbocycles. The minimum atomic E-state index is -4.43. The molecular formula is C15H9F3N2. The van der Waals surface area contributed by atoms with Gasteiger partial charge >= 0.3 is 6.18 Å². The zero-order chi connectivity index (χ0) is 14.6. The van der Waals surface area contributed by atoms with Crippen LogP contribution in [0.25, 0.3) is 11.6 Å². The summed E-state index contributed by atoms with van der Waals surface area (Å²) in [5.74, 6) is 0. The summed E-state index contributed by atoms with van der Waals surface area (Å²) in [4.78, 5) is 3.89. The fourth-order valence-electron chi connectivity index (χ4n) is 1.67. The first kappa shape index (κ1) is 13.8. The molecule has 0 saturated heterocycles. The number of alkyl halides is 3. The maximum absolute atomic E-state index is 12.6. The lowest BCUT2D eigenvalue weighted by molar-refractivity contribution is -0.137. The van der Waals surface area contributed by atoms with Crippen molar-refractivity contribution in [3.8, 4) is 6.07 Å². The quantitative estimate of drug-likeness (QED) is 0.771. The molecule has 5 heteroatoms. The maximum Gasteiger partial charge on any atom is 0.416 e. The molecule has 2 nitrogen and oxygen atoms in total. The predicted molar refractivity (Wildman–Crippen MR) is 69.2 cm³/mol. The molecule has 0 spiro atoms. The predicted octanol–water partition coefficient (Wildman–Crippen LogP) is 4.16. The summed E-state index contributed by atoms with van der Waals surface area (Å²) in [6.45, 7) is 0. The van der Waals surface area contributed by atoms with Crippen molar-refractivity contribution < 1.29 is 13.2 Å². The van der Waals surface area contributed by atoms with Gasteiger partial charge in [-0.05, 0) is 35.4 Å². The Morgan fingerprint density at radius 1 is 1.20 bits per heavy atom. The van der Waals surface area contributed by atoms with Gasteiger partial charge in [0.15, 0.2) is 0 Å². The van der Waals surface area contributed by atoms with Gasteiger partial charge in [-0.3, -0.25) is 4.98 Å². The molecule has 0 atom stereocenters. The number of nitrogens with zero attached hydrogens (tertiary/aromatic N) is 2. The van der Waals surface area contributed by atoms with Crippen LogP contribution in [-0.4, -0.2) is 4.98 Å². The molecule has 0 amide bonds. The van der Waals surface area contributed by atoms with Crippen molar-refractivity contribution in [1.29, 1.82) is 5.26 Å². The van der Waals surface area contributed by atoms with Crippen LogP contribution >= 0.6 is 0 Å². The Balaban J connectivity index is 2.44. The molecule has 0 unspecified atom stereocenters. The number of allylic oxidation sites excluding steroid dienone is 1. The lowest BCUT2D eigenvalue weighted by atomic mass is 10.0. The Hall–Kier alpha value is -2.61. The number of hydrogen-bond donors (Lipinski definition) is 0. The molecule has 0 radical (unpaired) electrons. The van der Waals surface area contributed by atoms with E-state index >= 15 is 0 Å². The fraction of sp³-hybridized carbons (Fsp3) is 0.0667. The molecule has 2 rings (SSSR count). The summed E-state index contributed by atoms with van der Waals surface area (Å²) in [5, 5.41) is 9.11. The molecule has 0 aliphatic rings. The normalized spacial score (nSPS) is 12.0. The second-order valence-electron chi connectivity index (χ2n) is 4.03. The summed E-state index contributed by atoms with van der Waals surface area (Å²) in [6, 6.07) is 10.0. The molecule has 2 aromatic rings. The minimum absolute atomic E-state index is 0.157.